The second-order valence-corrected chi connectivity index (χ2v) is 5.62. The highest BCUT2D eigenvalue weighted by Gasteiger charge is 2.36. The highest BCUT2D eigenvalue weighted by atomic mass is 16.5. The summed E-state index contributed by atoms with van der Waals surface area (Å²) in [5, 5.41) is 4.42. The maximum absolute atomic E-state index is 6.59. The van der Waals surface area contributed by atoms with Gasteiger partial charge in [0, 0.05) is 12.1 Å². The lowest BCUT2D eigenvalue weighted by molar-refractivity contribution is 0.102. The Morgan fingerprint density at radius 3 is 2.40 bits per heavy atom. The molecule has 0 spiro atoms. The molecule has 1 aromatic rings. The third-order valence-electron chi connectivity index (χ3n) is 4.13. The van der Waals surface area contributed by atoms with Crippen LogP contribution < -0.4 is 10.5 Å². The summed E-state index contributed by atoms with van der Waals surface area (Å²) in [6.07, 6.45) is 2.79. The van der Waals surface area contributed by atoms with Gasteiger partial charge in [-0.15, -0.1) is 0 Å². The van der Waals surface area contributed by atoms with Gasteiger partial charge in [0.25, 0.3) is 0 Å². The summed E-state index contributed by atoms with van der Waals surface area (Å²) in [6, 6.07) is -0.147. The van der Waals surface area contributed by atoms with E-state index in [9.17, 15) is 0 Å². The number of hydrogen-bond acceptors (Lipinski definition) is 4. The van der Waals surface area contributed by atoms with Crippen LogP contribution in [0.25, 0.3) is 0 Å². The van der Waals surface area contributed by atoms with E-state index in [0.29, 0.717) is 0 Å². The molecular weight excluding hydrogens is 252 g/mol. The predicted molar refractivity (Wildman–Crippen MR) is 83.0 cm³/mol. The van der Waals surface area contributed by atoms with Crippen molar-refractivity contribution in [2.75, 3.05) is 20.2 Å². The van der Waals surface area contributed by atoms with Gasteiger partial charge in [-0.2, -0.15) is 5.10 Å². The Kier molecular flexibility index (Phi) is 6.02. The van der Waals surface area contributed by atoms with Crippen LogP contribution >= 0.6 is 0 Å². The van der Waals surface area contributed by atoms with Gasteiger partial charge in [0.05, 0.1) is 25.0 Å². The Bertz CT molecular complexity index is 410. The lowest BCUT2D eigenvalue weighted by atomic mass is 9.90. The predicted octanol–water partition coefficient (Wildman–Crippen LogP) is 2.42. The van der Waals surface area contributed by atoms with Crippen LogP contribution in [0.2, 0.25) is 0 Å². The van der Waals surface area contributed by atoms with Gasteiger partial charge in [0.15, 0.2) is 5.75 Å². The molecule has 0 radical (unpaired) electrons. The Morgan fingerprint density at radius 2 is 1.95 bits per heavy atom. The number of aromatic nitrogens is 2. The van der Waals surface area contributed by atoms with E-state index in [0.717, 1.165) is 37.5 Å². The fourth-order valence-electron chi connectivity index (χ4n) is 2.81. The first-order valence-electron chi connectivity index (χ1n) is 7.54. The summed E-state index contributed by atoms with van der Waals surface area (Å²) >= 11 is 0. The summed E-state index contributed by atoms with van der Waals surface area (Å²) in [5.74, 6) is 0.784. The van der Waals surface area contributed by atoms with Gasteiger partial charge in [-0.3, -0.25) is 9.58 Å². The first-order chi connectivity index (χ1) is 9.43. The number of nitrogens with zero attached hydrogens (tertiary/aromatic N) is 3. The molecule has 0 aromatic carbocycles. The lowest BCUT2D eigenvalue weighted by Gasteiger charge is -2.42. The first-order valence-corrected chi connectivity index (χ1v) is 7.54. The van der Waals surface area contributed by atoms with Crippen LogP contribution in [0.15, 0.2) is 6.20 Å². The van der Waals surface area contributed by atoms with Crippen molar-refractivity contribution in [2.45, 2.75) is 59.2 Å². The van der Waals surface area contributed by atoms with Gasteiger partial charge < -0.3 is 10.5 Å². The lowest BCUT2D eigenvalue weighted by Crippen LogP contribution is -2.51. The number of likely N-dealkylation sites (N-methyl/N-ethyl adjacent to an activating group) is 1. The molecule has 1 heterocycles. The third kappa shape index (κ3) is 3.15. The quantitative estimate of drug-likeness (QED) is 0.795. The zero-order valence-electron chi connectivity index (χ0n) is 13.8. The number of aryl methyl sites for hydroxylation is 1. The van der Waals surface area contributed by atoms with Crippen LogP contribution in [0, 0.1) is 0 Å². The average molecular weight is 282 g/mol. The standard InChI is InChI=1S/C15H30N4O/c1-7-10-19-13(12(20-6)11-17-19)14(16)15(4,5)18(8-2)9-3/h11,14H,7-10,16H2,1-6H3. The topological polar surface area (TPSA) is 56.3 Å². The Balaban J connectivity index is 3.17. The largest absolute Gasteiger partial charge is 0.493 e. The molecule has 1 rings (SSSR count). The first kappa shape index (κ1) is 17.0. The van der Waals surface area contributed by atoms with Crippen molar-refractivity contribution in [3.63, 3.8) is 0 Å². The molecule has 0 saturated carbocycles. The van der Waals surface area contributed by atoms with E-state index in [1.165, 1.54) is 0 Å². The molecule has 5 nitrogen and oxygen atoms in total. The highest BCUT2D eigenvalue weighted by Crippen LogP contribution is 2.34. The average Bonchev–Trinajstić information content (AvgIpc) is 2.82. The number of hydrogen-bond donors (Lipinski definition) is 1. The minimum absolute atomic E-state index is 0.147. The highest BCUT2D eigenvalue weighted by molar-refractivity contribution is 5.30. The van der Waals surface area contributed by atoms with Crippen molar-refractivity contribution in [1.29, 1.82) is 0 Å². The summed E-state index contributed by atoms with van der Waals surface area (Å²) in [6.45, 7) is 13.7. The van der Waals surface area contributed by atoms with Gasteiger partial charge in [0.2, 0.25) is 0 Å². The molecule has 0 bridgehead atoms. The normalized spacial score (nSPS) is 13.8. The Morgan fingerprint density at radius 1 is 1.35 bits per heavy atom. The number of methoxy groups -OCH3 is 1. The molecule has 0 fully saturated rings. The Hall–Kier alpha value is -1.07. The van der Waals surface area contributed by atoms with Gasteiger partial charge in [-0.25, -0.2) is 0 Å². The molecule has 5 heteroatoms. The molecule has 0 aliphatic carbocycles. The summed E-state index contributed by atoms with van der Waals surface area (Å²) in [5.41, 5.74) is 7.44. The van der Waals surface area contributed by atoms with Crippen molar-refractivity contribution in [2.24, 2.45) is 5.73 Å². The second-order valence-electron chi connectivity index (χ2n) is 5.62. The van der Waals surface area contributed by atoms with Gasteiger partial charge in [-0.1, -0.05) is 20.8 Å². The van der Waals surface area contributed by atoms with E-state index in [1.54, 1.807) is 13.3 Å². The van der Waals surface area contributed by atoms with Crippen molar-refractivity contribution in [3.8, 4) is 5.75 Å². The monoisotopic (exact) mass is 282 g/mol. The molecule has 0 saturated heterocycles. The molecular formula is C15H30N4O. The Labute approximate surface area is 123 Å². The van der Waals surface area contributed by atoms with Crippen molar-refractivity contribution in [3.05, 3.63) is 11.9 Å². The number of rotatable bonds is 8. The van der Waals surface area contributed by atoms with Gasteiger partial charge >= 0.3 is 0 Å². The zero-order valence-corrected chi connectivity index (χ0v) is 13.8. The summed E-state index contributed by atoms with van der Waals surface area (Å²) in [4.78, 5) is 2.38. The molecule has 116 valence electrons. The van der Waals surface area contributed by atoms with Crippen LogP contribution in [0.3, 0.4) is 0 Å². The van der Waals surface area contributed by atoms with E-state index in [4.69, 9.17) is 10.5 Å². The molecule has 1 unspecified atom stereocenters. The molecule has 0 aliphatic rings. The van der Waals surface area contributed by atoms with Gasteiger partial charge in [-0.05, 0) is 33.4 Å². The van der Waals surface area contributed by atoms with Gasteiger partial charge in [0.1, 0.15) is 0 Å². The minimum Gasteiger partial charge on any atom is -0.493 e. The maximum atomic E-state index is 6.59. The van der Waals surface area contributed by atoms with E-state index < -0.39 is 0 Å². The molecule has 20 heavy (non-hydrogen) atoms. The van der Waals surface area contributed by atoms with Crippen molar-refractivity contribution >= 4 is 0 Å². The van der Waals surface area contributed by atoms with Crippen LogP contribution in [0.5, 0.6) is 5.75 Å². The SMILES string of the molecule is CCCn1ncc(OC)c1C(N)C(C)(C)N(CC)CC. The molecule has 1 aromatic heterocycles. The maximum Gasteiger partial charge on any atom is 0.161 e. The minimum atomic E-state index is -0.150. The second kappa shape index (κ2) is 7.09. The fraction of sp³-hybridized carbons (Fsp3) is 0.800. The van der Waals surface area contributed by atoms with E-state index in [2.05, 4.69) is 44.6 Å². The number of ether oxygens (including phenoxy) is 1. The molecule has 1 atom stereocenters. The fourth-order valence-corrected chi connectivity index (χ4v) is 2.81. The van der Waals surface area contributed by atoms with Crippen LogP contribution in [-0.2, 0) is 6.54 Å². The van der Waals surface area contributed by atoms with Crippen molar-refractivity contribution in [1.82, 2.24) is 14.7 Å². The smallest absolute Gasteiger partial charge is 0.161 e. The van der Waals surface area contributed by atoms with Crippen LogP contribution in [0.4, 0.5) is 0 Å². The van der Waals surface area contributed by atoms with E-state index >= 15 is 0 Å². The van der Waals surface area contributed by atoms with E-state index in [-0.39, 0.29) is 11.6 Å². The van der Waals surface area contributed by atoms with Crippen LogP contribution in [-0.4, -0.2) is 40.4 Å². The number of nitrogens with two attached hydrogens (primary N) is 1. The molecule has 0 aliphatic heterocycles. The third-order valence-corrected chi connectivity index (χ3v) is 4.13. The van der Waals surface area contributed by atoms with Crippen molar-refractivity contribution < 1.29 is 4.74 Å². The van der Waals surface area contributed by atoms with E-state index in [1.807, 2.05) is 4.68 Å². The summed E-state index contributed by atoms with van der Waals surface area (Å²) in [7, 11) is 1.67. The zero-order chi connectivity index (χ0) is 15.3. The molecule has 2 N–H and O–H groups in total. The summed E-state index contributed by atoms with van der Waals surface area (Å²) < 4.78 is 7.43. The molecule has 0 amide bonds. The van der Waals surface area contributed by atoms with Crippen LogP contribution in [0.1, 0.15) is 52.8 Å².